The molecule has 22 heavy (non-hydrogen) atoms. The van der Waals surface area contributed by atoms with E-state index in [0.29, 0.717) is 17.0 Å². The van der Waals surface area contributed by atoms with Gasteiger partial charge in [0.05, 0.1) is 23.5 Å². The van der Waals surface area contributed by atoms with Crippen LogP contribution in [-0.4, -0.2) is 25.5 Å². The first-order valence-electron chi connectivity index (χ1n) is 6.59. The number of nitrogen functional groups attached to an aromatic ring is 1. The molecule has 1 atom stereocenters. The van der Waals surface area contributed by atoms with Crippen LogP contribution in [0.2, 0.25) is 0 Å². The summed E-state index contributed by atoms with van der Waals surface area (Å²) in [5.41, 5.74) is 6.97. The van der Waals surface area contributed by atoms with Gasteiger partial charge in [0.1, 0.15) is 5.52 Å². The van der Waals surface area contributed by atoms with Crippen LogP contribution in [0.4, 0.5) is 19.1 Å². The molecule has 3 aromatic rings. The number of hydrogen-bond donors (Lipinski definition) is 1. The Hall–Kier alpha value is -2.64. The number of anilines is 1. The van der Waals surface area contributed by atoms with Crippen molar-refractivity contribution in [3.63, 3.8) is 0 Å². The zero-order valence-corrected chi connectivity index (χ0v) is 11.2. The fraction of sp³-hybridized carbons (Fsp3) is 0.214. The molecule has 0 amide bonds. The Kier molecular flexibility index (Phi) is 2.48. The molecule has 3 aromatic heterocycles. The van der Waals surface area contributed by atoms with E-state index in [9.17, 15) is 13.2 Å². The maximum atomic E-state index is 13.9. The van der Waals surface area contributed by atoms with Crippen LogP contribution in [0.1, 0.15) is 17.9 Å². The molecule has 2 N–H and O–H groups in total. The molecule has 8 heteroatoms. The summed E-state index contributed by atoms with van der Waals surface area (Å²) in [4.78, 5) is 7.89. The summed E-state index contributed by atoms with van der Waals surface area (Å²) in [7, 11) is 0. The van der Waals surface area contributed by atoms with Gasteiger partial charge in [0, 0.05) is 18.7 Å². The Morgan fingerprint density at radius 3 is 2.64 bits per heavy atom. The van der Waals surface area contributed by atoms with Crippen molar-refractivity contribution in [3.05, 3.63) is 42.0 Å². The van der Waals surface area contributed by atoms with Crippen molar-refractivity contribution in [2.24, 2.45) is 0 Å². The number of aromatic nitrogens is 4. The molecular formula is C14H10F3N5. The second-order valence-electron chi connectivity index (χ2n) is 5.29. The maximum absolute atomic E-state index is 13.9. The monoisotopic (exact) mass is 305 g/mol. The Bertz CT molecular complexity index is 872. The molecule has 112 valence electrons. The standard InChI is InChI=1S/C14H10F3N5/c15-9-3-11(22-12(9)6-20-13(18)21-22)10-2-1-7(5-19-10)8-4-14(8,16)17/h1-3,5-6,8H,4H2,(H2,18,21). The third-order valence-corrected chi connectivity index (χ3v) is 3.76. The molecular weight excluding hydrogens is 295 g/mol. The van der Waals surface area contributed by atoms with Crippen LogP contribution in [0.25, 0.3) is 16.9 Å². The number of pyridine rings is 1. The average molecular weight is 305 g/mol. The lowest BCUT2D eigenvalue weighted by atomic mass is 10.1. The zero-order chi connectivity index (χ0) is 15.5. The zero-order valence-electron chi connectivity index (χ0n) is 11.2. The summed E-state index contributed by atoms with van der Waals surface area (Å²) < 4.78 is 41.3. The second-order valence-corrected chi connectivity index (χ2v) is 5.29. The predicted molar refractivity (Wildman–Crippen MR) is 72.9 cm³/mol. The quantitative estimate of drug-likeness (QED) is 0.790. The number of fused-ring (bicyclic) bond motifs is 1. The summed E-state index contributed by atoms with van der Waals surface area (Å²) >= 11 is 0. The normalized spacial score (nSPS) is 19.5. The van der Waals surface area contributed by atoms with Crippen LogP contribution >= 0.6 is 0 Å². The molecule has 0 bridgehead atoms. The Balaban J connectivity index is 1.77. The highest BCUT2D eigenvalue weighted by Crippen LogP contribution is 2.55. The van der Waals surface area contributed by atoms with Crippen molar-refractivity contribution >= 4 is 11.5 Å². The molecule has 0 aliphatic heterocycles. The largest absolute Gasteiger partial charge is 0.367 e. The molecule has 5 nitrogen and oxygen atoms in total. The molecule has 1 saturated carbocycles. The predicted octanol–water partition coefficient (Wildman–Crippen LogP) is 2.64. The van der Waals surface area contributed by atoms with Gasteiger partial charge in [-0.3, -0.25) is 4.98 Å². The lowest BCUT2D eigenvalue weighted by Crippen LogP contribution is -2.02. The molecule has 1 aliphatic carbocycles. The molecule has 0 aromatic carbocycles. The number of hydrogen-bond acceptors (Lipinski definition) is 4. The fourth-order valence-electron chi connectivity index (χ4n) is 2.49. The minimum atomic E-state index is -2.64. The van der Waals surface area contributed by atoms with E-state index in [4.69, 9.17) is 5.73 Å². The van der Waals surface area contributed by atoms with E-state index in [0.717, 1.165) is 0 Å². The van der Waals surface area contributed by atoms with E-state index < -0.39 is 17.7 Å². The van der Waals surface area contributed by atoms with Gasteiger partial charge in [0.2, 0.25) is 5.95 Å². The molecule has 0 spiro atoms. The van der Waals surface area contributed by atoms with Gasteiger partial charge in [-0.05, 0) is 11.6 Å². The van der Waals surface area contributed by atoms with Gasteiger partial charge < -0.3 is 5.73 Å². The fourth-order valence-corrected chi connectivity index (χ4v) is 2.49. The third-order valence-electron chi connectivity index (χ3n) is 3.76. The molecule has 1 fully saturated rings. The first-order chi connectivity index (χ1) is 10.5. The average Bonchev–Trinajstić information content (AvgIpc) is 3.01. The number of alkyl halides is 2. The molecule has 0 radical (unpaired) electrons. The topological polar surface area (TPSA) is 69.1 Å². The second kappa shape index (κ2) is 4.19. The lowest BCUT2D eigenvalue weighted by Gasteiger charge is -2.03. The van der Waals surface area contributed by atoms with Crippen molar-refractivity contribution in [2.45, 2.75) is 18.3 Å². The molecule has 0 saturated heterocycles. The summed E-state index contributed by atoms with van der Waals surface area (Å²) in [5, 5.41) is 3.95. The Labute approximate surface area is 122 Å². The van der Waals surface area contributed by atoms with E-state index in [2.05, 4.69) is 15.1 Å². The number of nitrogens with two attached hydrogens (primary N) is 1. The lowest BCUT2D eigenvalue weighted by molar-refractivity contribution is 0.112. The number of nitrogens with zero attached hydrogens (tertiary/aromatic N) is 4. The van der Waals surface area contributed by atoms with Gasteiger partial charge >= 0.3 is 0 Å². The van der Waals surface area contributed by atoms with Crippen LogP contribution in [0.3, 0.4) is 0 Å². The van der Waals surface area contributed by atoms with Crippen LogP contribution in [0, 0.1) is 5.82 Å². The highest BCUT2D eigenvalue weighted by molar-refractivity contribution is 5.64. The maximum Gasteiger partial charge on any atom is 0.255 e. The van der Waals surface area contributed by atoms with Crippen molar-refractivity contribution < 1.29 is 13.2 Å². The minimum Gasteiger partial charge on any atom is -0.367 e. The van der Waals surface area contributed by atoms with Crippen LogP contribution in [0.5, 0.6) is 0 Å². The van der Waals surface area contributed by atoms with Gasteiger partial charge in [-0.2, -0.15) is 0 Å². The summed E-state index contributed by atoms with van der Waals surface area (Å²) in [6.45, 7) is 0. The minimum absolute atomic E-state index is 0.00130. The Morgan fingerprint density at radius 2 is 2.00 bits per heavy atom. The summed E-state index contributed by atoms with van der Waals surface area (Å²) in [6.07, 6.45) is 2.52. The van der Waals surface area contributed by atoms with Crippen LogP contribution in [-0.2, 0) is 0 Å². The van der Waals surface area contributed by atoms with Gasteiger partial charge in [0.25, 0.3) is 5.92 Å². The first-order valence-corrected chi connectivity index (χ1v) is 6.59. The van der Waals surface area contributed by atoms with E-state index in [1.807, 2.05) is 0 Å². The third kappa shape index (κ3) is 1.91. The highest BCUT2D eigenvalue weighted by Gasteiger charge is 2.57. The van der Waals surface area contributed by atoms with Crippen molar-refractivity contribution in [1.29, 1.82) is 0 Å². The SMILES string of the molecule is Nc1ncc2c(F)cc(-c3ccc(C4CC4(F)F)cn3)n2n1. The van der Waals surface area contributed by atoms with Gasteiger partial charge in [0.15, 0.2) is 5.82 Å². The van der Waals surface area contributed by atoms with Crippen LogP contribution in [0.15, 0.2) is 30.6 Å². The highest BCUT2D eigenvalue weighted by atomic mass is 19.3. The van der Waals surface area contributed by atoms with E-state index in [1.54, 1.807) is 12.1 Å². The van der Waals surface area contributed by atoms with Gasteiger partial charge in [-0.1, -0.05) is 6.07 Å². The first kappa shape index (κ1) is 13.1. The molecule has 3 heterocycles. The number of rotatable bonds is 2. The van der Waals surface area contributed by atoms with E-state index in [-0.39, 0.29) is 17.9 Å². The molecule has 4 rings (SSSR count). The van der Waals surface area contributed by atoms with Crippen molar-refractivity contribution in [1.82, 2.24) is 19.6 Å². The van der Waals surface area contributed by atoms with Gasteiger partial charge in [-0.15, -0.1) is 5.10 Å². The van der Waals surface area contributed by atoms with Crippen molar-refractivity contribution in [2.75, 3.05) is 5.73 Å². The van der Waals surface area contributed by atoms with Crippen molar-refractivity contribution in [3.8, 4) is 11.4 Å². The number of halogens is 3. The van der Waals surface area contributed by atoms with E-state index >= 15 is 0 Å². The van der Waals surface area contributed by atoms with E-state index in [1.165, 1.54) is 23.0 Å². The molecule has 1 aliphatic rings. The molecule has 1 unspecified atom stereocenters. The summed E-state index contributed by atoms with van der Waals surface area (Å²) in [5.74, 6) is -3.92. The van der Waals surface area contributed by atoms with Crippen LogP contribution < -0.4 is 5.73 Å². The van der Waals surface area contributed by atoms with Gasteiger partial charge in [-0.25, -0.2) is 22.7 Å². The Morgan fingerprint density at radius 1 is 1.23 bits per heavy atom. The smallest absolute Gasteiger partial charge is 0.255 e. The summed E-state index contributed by atoms with van der Waals surface area (Å²) in [6, 6.07) is 4.41.